The van der Waals surface area contributed by atoms with Crippen LogP contribution in [-0.2, 0) is 4.79 Å². The monoisotopic (exact) mass is 413 g/mol. The molecule has 154 valence electrons. The molecule has 7 nitrogen and oxygen atoms in total. The number of nitriles is 1. The molecule has 0 bridgehead atoms. The Morgan fingerprint density at radius 1 is 1.24 bits per heavy atom. The number of nitrogens with two attached hydrogens (primary N) is 1. The lowest BCUT2D eigenvalue weighted by Gasteiger charge is -2.29. The molecular weight excluding hydrogens is 386 g/mol. The lowest BCUT2D eigenvalue weighted by molar-refractivity contribution is -0.119. The van der Waals surface area contributed by atoms with Crippen LogP contribution in [-0.4, -0.2) is 54.2 Å². The highest BCUT2D eigenvalue weighted by atomic mass is 32.1. The van der Waals surface area contributed by atoms with E-state index < -0.39 is 11.9 Å². The Morgan fingerprint density at radius 3 is 2.41 bits per heavy atom. The molecule has 0 radical (unpaired) electrons. The van der Waals surface area contributed by atoms with E-state index >= 15 is 0 Å². The van der Waals surface area contributed by atoms with Gasteiger partial charge in [-0.2, -0.15) is 9.64 Å². The van der Waals surface area contributed by atoms with E-state index in [0.29, 0.717) is 24.3 Å². The van der Waals surface area contributed by atoms with Gasteiger partial charge in [-0.05, 0) is 43.5 Å². The van der Waals surface area contributed by atoms with Crippen LogP contribution in [0.4, 0.5) is 5.82 Å². The highest BCUT2D eigenvalue weighted by Gasteiger charge is 2.28. The number of benzene rings is 1. The number of amides is 1. The van der Waals surface area contributed by atoms with Crippen molar-refractivity contribution in [1.82, 2.24) is 9.27 Å². The topological polar surface area (TPSA) is 103 Å². The maximum absolute atomic E-state index is 12.2. The first-order chi connectivity index (χ1) is 13.7. The van der Waals surface area contributed by atoms with Crippen LogP contribution in [0.5, 0.6) is 0 Å². The zero-order chi connectivity index (χ0) is 21.6. The third kappa shape index (κ3) is 5.86. The number of likely N-dealkylation sites (N-methyl/N-ethyl adjacent to an activating group) is 1. The molecule has 0 fully saturated rings. The van der Waals surface area contributed by atoms with E-state index in [9.17, 15) is 14.9 Å². The van der Waals surface area contributed by atoms with Crippen molar-refractivity contribution in [3.05, 3.63) is 35.2 Å². The number of anilines is 1. The van der Waals surface area contributed by atoms with Gasteiger partial charge in [0.2, 0.25) is 5.91 Å². The number of primary amides is 1. The second kappa shape index (κ2) is 10.1. The number of carbonyl (C=O) groups is 2. The number of hydrogen-bond donors (Lipinski definition) is 1. The summed E-state index contributed by atoms with van der Waals surface area (Å²) in [5, 5.41) is 11.2. The highest BCUT2D eigenvalue weighted by Crippen LogP contribution is 2.33. The number of hydrogen-bond acceptors (Lipinski definition) is 7. The van der Waals surface area contributed by atoms with Crippen LogP contribution in [0.1, 0.15) is 30.6 Å². The minimum Gasteiger partial charge on any atom is -0.368 e. The molecule has 2 N–H and O–H groups in total. The lowest BCUT2D eigenvalue weighted by atomic mass is 10.00. The standard InChI is InChI=1S/C21H27N5O2S/c1-14(2)11-18(20(23)28)26(10-9-22)21-17(13-29-24-21)15-5-7-16(8-6-15)19(27)12-25(3)4/h5-8,13-14,18H,10-12H2,1-4H3,(H2,23,28)/t18-/m0/s1. The number of aromatic nitrogens is 1. The van der Waals surface area contributed by atoms with E-state index in [4.69, 9.17) is 5.73 Å². The fraction of sp³-hybridized carbons (Fsp3) is 0.429. The third-order valence-electron chi connectivity index (χ3n) is 4.44. The molecule has 1 atom stereocenters. The van der Waals surface area contributed by atoms with Gasteiger partial charge in [-0.3, -0.25) is 9.59 Å². The number of ketones is 1. The van der Waals surface area contributed by atoms with Crippen molar-refractivity contribution in [2.45, 2.75) is 26.3 Å². The highest BCUT2D eigenvalue weighted by molar-refractivity contribution is 7.04. The second-order valence-corrected chi connectivity index (χ2v) is 8.25. The van der Waals surface area contributed by atoms with Gasteiger partial charge >= 0.3 is 0 Å². The Kier molecular flexibility index (Phi) is 7.88. The van der Waals surface area contributed by atoms with Gasteiger partial charge < -0.3 is 15.5 Å². The van der Waals surface area contributed by atoms with Crippen LogP contribution in [0.3, 0.4) is 0 Å². The van der Waals surface area contributed by atoms with Gasteiger partial charge in [0.25, 0.3) is 0 Å². The Hall–Kier alpha value is -2.76. The quantitative estimate of drug-likeness (QED) is 0.474. The van der Waals surface area contributed by atoms with Crippen molar-refractivity contribution < 1.29 is 9.59 Å². The Labute approximate surface area is 175 Å². The maximum atomic E-state index is 12.2. The van der Waals surface area contributed by atoms with Crippen molar-refractivity contribution in [2.24, 2.45) is 11.7 Å². The summed E-state index contributed by atoms with van der Waals surface area (Å²) < 4.78 is 4.45. The molecule has 2 aromatic rings. The third-order valence-corrected chi connectivity index (χ3v) is 5.06. The molecule has 1 amide bonds. The van der Waals surface area contributed by atoms with Crippen molar-refractivity contribution in [3.63, 3.8) is 0 Å². The maximum Gasteiger partial charge on any atom is 0.240 e. The Morgan fingerprint density at radius 2 is 1.90 bits per heavy atom. The van der Waals surface area contributed by atoms with E-state index in [-0.39, 0.29) is 18.2 Å². The average Bonchev–Trinajstić information content (AvgIpc) is 3.13. The zero-order valence-corrected chi connectivity index (χ0v) is 18.1. The molecule has 0 unspecified atom stereocenters. The molecule has 0 aliphatic heterocycles. The molecule has 8 heteroatoms. The molecule has 0 saturated carbocycles. The van der Waals surface area contributed by atoms with Crippen LogP contribution in [0.15, 0.2) is 29.6 Å². The summed E-state index contributed by atoms with van der Waals surface area (Å²) in [7, 11) is 3.71. The van der Waals surface area contributed by atoms with Gasteiger partial charge in [0.05, 0.1) is 12.6 Å². The van der Waals surface area contributed by atoms with E-state index in [1.807, 2.05) is 50.4 Å². The predicted octanol–water partition coefficient (Wildman–Crippen LogP) is 2.78. The molecule has 0 aliphatic rings. The van der Waals surface area contributed by atoms with Crippen molar-refractivity contribution in [2.75, 3.05) is 32.1 Å². The summed E-state index contributed by atoms with van der Waals surface area (Å²) in [6, 6.07) is 8.81. The summed E-state index contributed by atoms with van der Waals surface area (Å²) in [6.07, 6.45) is 0.534. The van der Waals surface area contributed by atoms with Crippen molar-refractivity contribution >= 4 is 29.0 Å². The van der Waals surface area contributed by atoms with Crippen molar-refractivity contribution in [1.29, 1.82) is 5.26 Å². The second-order valence-electron chi connectivity index (χ2n) is 7.62. The number of Topliss-reactive ketones (excluding diaryl/α,β-unsaturated/α-hetero) is 1. The molecule has 29 heavy (non-hydrogen) atoms. The smallest absolute Gasteiger partial charge is 0.240 e. The lowest BCUT2D eigenvalue weighted by Crippen LogP contribution is -2.46. The summed E-state index contributed by atoms with van der Waals surface area (Å²) >= 11 is 1.26. The van der Waals surface area contributed by atoms with Gasteiger partial charge in [0.15, 0.2) is 11.6 Å². The molecule has 0 saturated heterocycles. The van der Waals surface area contributed by atoms with Crippen LogP contribution >= 0.6 is 11.5 Å². The van der Waals surface area contributed by atoms with E-state index in [1.165, 1.54) is 11.5 Å². The summed E-state index contributed by atoms with van der Waals surface area (Å²) in [4.78, 5) is 27.8. The largest absolute Gasteiger partial charge is 0.368 e. The van der Waals surface area contributed by atoms with Gasteiger partial charge in [-0.1, -0.05) is 38.1 Å². The van der Waals surface area contributed by atoms with Crippen molar-refractivity contribution in [3.8, 4) is 17.2 Å². The Balaban J connectivity index is 2.38. The zero-order valence-electron chi connectivity index (χ0n) is 17.3. The molecule has 2 rings (SSSR count). The SMILES string of the molecule is CC(C)C[C@@H](C(N)=O)N(CC#N)c1nscc1-c1ccc(C(=O)CN(C)C)cc1. The number of rotatable bonds is 10. The molecule has 0 spiro atoms. The van der Waals surface area contributed by atoms with E-state index in [0.717, 1.165) is 11.1 Å². The van der Waals surface area contributed by atoms with E-state index in [1.54, 1.807) is 17.0 Å². The van der Waals surface area contributed by atoms with E-state index in [2.05, 4.69) is 10.4 Å². The van der Waals surface area contributed by atoms with Gasteiger partial charge in [0.1, 0.15) is 12.6 Å². The average molecular weight is 414 g/mol. The van der Waals surface area contributed by atoms with Crippen LogP contribution in [0.2, 0.25) is 0 Å². The first kappa shape index (κ1) is 22.5. The van der Waals surface area contributed by atoms with Crippen LogP contribution < -0.4 is 10.6 Å². The molecule has 0 aliphatic carbocycles. The number of nitrogens with zero attached hydrogens (tertiary/aromatic N) is 4. The normalized spacial score (nSPS) is 12.0. The minimum atomic E-state index is -0.614. The molecule has 1 heterocycles. The van der Waals surface area contributed by atoms with Crippen LogP contribution in [0.25, 0.3) is 11.1 Å². The summed E-state index contributed by atoms with van der Waals surface area (Å²) in [5.74, 6) is 0.366. The first-order valence-corrected chi connectivity index (χ1v) is 10.2. The van der Waals surface area contributed by atoms with Gasteiger partial charge in [-0.15, -0.1) is 0 Å². The van der Waals surface area contributed by atoms with Gasteiger partial charge in [0, 0.05) is 16.5 Å². The predicted molar refractivity (Wildman–Crippen MR) is 116 cm³/mol. The summed E-state index contributed by atoms with van der Waals surface area (Å²) in [6.45, 7) is 4.37. The minimum absolute atomic E-state index is 0.0104. The Bertz CT molecular complexity index is 883. The summed E-state index contributed by atoms with van der Waals surface area (Å²) in [5.41, 5.74) is 7.96. The van der Waals surface area contributed by atoms with Gasteiger partial charge in [-0.25, -0.2) is 0 Å². The molecule has 1 aromatic heterocycles. The fourth-order valence-electron chi connectivity index (χ4n) is 3.10. The molecular formula is C21H27N5O2S. The first-order valence-electron chi connectivity index (χ1n) is 9.40. The van der Waals surface area contributed by atoms with Crippen LogP contribution in [0, 0.1) is 17.2 Å². The molecule has 1 aromatic carbocycles. The number of carbonyl (C=O) groups excluding carboxylic acids is 2. The fourth-order valence-corrected chi connectivity index (χ4v) is 3.80.